The minimum atomic E-state index is -3.39. The first-order valence-electron chi connectivity index (χ1n) is 24.8. The van der Waals surface area contributed by atoms with Crippen LogP contribution in [0, 0.1) is 0 Å². The van der Waals surface area contributed by atoms with E-state index in [1.54, 1.807) is 0 Å². The molecule has 0 aromatic rings. The molecule has 1 atom stereocenters. The number of nitrogens with one attached hydrogen (secondary N) is 1. The van der Waals surface area contributed by atoms with Gasteiger partial charge in [0.05, 0.1) is 6.61 Å². The van der Waals surface area contributed by atoms with E-state index in [1.807, 2.05) is 0 Å². The zero-order valence-corrected chi connectivity index (χ0v) is 39.8. The molecule has 11 heteroatoms. The molecule has 350 valence electrons. The predicted octanol–water partition coefficient (Wildman–Crippen LogP) is 12.1. The van der Waals surface area contributed by atoms with Crippen molar-refractivity contribution in [3.05, 3.63) is 0 Å². The van der Waals surface area contributed by atoms with Crippen LogP contribution in [-0.2, 0) is 33.7 Å². The third kappa shape index (κ3) is 41.4. The molecule has 59 heavy (non-hydrogen) atoms. The topological polar surface area (TPSA) is 136 Å². The third-order valence-electron chi connectivity index (χ3n) is 11.4. The van der Waals surface area contributed by atoms with Crippen LogP contribution in [0.15, 0.2) is 0 Å². The highest BCUT2D eigenvalue weighted by Crippen LogP contribution is 2.19. The van der Waals surface area contributed by atoms with Gasteiger partial charge >= 0.3 is 11.9 Å². The molecule has 1 unspecified atom stereocenters. The van der Waals surface area contributed by atoms with Crippen LogP contribution in [0.5, 0.6) is 0 Å². The minimum Gasteiger partial charge on any atom is -0.466 e. The Balaban J connectivity index is 4.59. The van der Waals surface area contributed by atoms with Gasteiger partial charge in [0.1, 0.15) is 31.5 Å². The van der Waals surface area contributed by atoms with Crippen molar-refractivity contribution in [1.29, 1.82) is 0 Å². The van der Waals surface area contributed by atoms with E-state index in [2.05, 4.69) is 26.1 Å². The summed E-state index contributed by atoms with van der Waals surface area (Å²) < 4.78 is 34.3. The summed E-state index contributed by atoms with van der Waals surface area (Å²) in [6.07, 6.45) is 37.1. The molecule has 0 rings (SSSR count). The summed E-state index contributed by atoms with van der Waals surface area (Å²) >= 11 is 0. The lowest BCUT2D eigenvalue weighted by molar-refractivity contribution is -1.10. The van der Waals surface area contributed by atoms with E-state index in [4.69, 9.17) is 9.47 Å². The minimum absolute atomic E-state index is 0.0523. The van der Waals surface area contributed by atoms with Crippen molar-refractivity contribution < 1.29 is 42.1 Å². The summed E-state index contributed by atoms with van der Waals surface area (Å²) in [4.78, 5) is 36.9. The van der Waals surface area contributed by atoms with Gasteiger partial charge in [-0.2, -0.15) is 4.65 Å². The molecule has 10 nitrogen and oxygen atoms in total. The Labute approximate surface area is 363 Å². The molecule has 0 aliphatic heterocycles. The lowest BCUT2D eigenvalue weighted by Gasteiger charge is -2.30. The van der Waals surface area contributed by atoms with Crippen LogP contribution < -0.4 is 5.32 Å². The lowest BCUT2D eigenvalue weighted by Crippen LogP contribution is -2.48. The maximum absolute atomic E-state index is 12.8. The SMILES string of the molecule is CCCCCCCCCOC(=O)CCCCCCC[N+](O)(CCCCCCCC(=O)OC(CCCCCCCC)CCCCCCCC)CCCNC(=O)CS(C)(=O)=O. The number of hydroxylamine groups is 3. The van der Waals surface area contributed by atoms with Crippen molar-refractivity contribution >= 4 is 27.7 Å². The first kappa shape index (κ1) is 57.3. The van der Waals surface area contributed by atoms with Crippen LogP contribution in [0.2, 0.25) is 0 Å². The summed E-state index contributed by atoms with van der Waals surface area (Å²) in [5.74, 6) is -1.20. The summed E-state index contributed by atoms with van der Waals surface area (Å²) in [5, 5.41) is 14.3. The Morgan fingerprint density at radius 2 is 0.915 bits per heavy atom. The molecule has 2 N–H and O–H groups in total. The molecule has 0 fully saturated rings. The average Bonchev–Trinajstić information content (AvgIpc) is 3.18. The molecule has 0 radical (unpaired) electrons. The monoisotopic (exact) mass is 860 g/mol. The van der Waals surface area contributed by atoms with Gasteiger partial charge in [0.25, 0.3) is 0 Å². The van der Waals surface area contributed by atoms with Crippen LogP contribution in [0.4, 0.5) is 0 Å². The van der Waals surface area contributed by atoms with E-state index in [1.165, 1.54) is 96.3 Å². The number of amides is 1. The molecule has 0 aliphatic carbocycles. The molecule has 0 saturated heterocycles. The van der Waals surface area contributed by atoms with E-state index in [9.17, 15) is 28.0 Å². The molecule has 0 spiro atoms. The first-order valence-corrected chi connectivity index (χ1v) is 26.9. The molecule has 0 bridgehead atoms. The van der Waals surface area contributed by atoms with Gasteiger partial charge in [-0.1, -0.05) is 149 Å². The normalized spacial score (nSPS) is 12.8. The smallest absolute Gasteiger partial charge is 0.306 e. The fourth-order valence-electron chi connectivity index (χ4n) is 7.77. The maximum Gasteiger partial charge on any atom is 0.306 e. The Kier molecular flexibility index (Phi) is 39.2. The summed E-state index contributed by atoms with van der Waals surface area (Å²) in [7, 11) is -3.39. The number of carbonyl (C=O) groups excluding carboxylic acids is 3. The standard InChI is InChI=1S/C48H94N2O8S/c1-5-8-11-14-17-26-33-43-57-47(52)37-29-22-18-24-31-40-50(54,42-34-39-49-46(51)44-59(4,55)56)41-32-25-19-23-30-38-48(53)58-45(35-27-20-15-12-9-6-2)36-28-21-16-13-10-7-3/h45,54H,5-44H2,1-4H3/p+1. The quantitative estimate of drug-likeness (QED) is 0.0267. The zero-order valence-electron chi connectivity index (χ0n) is 39.0. The molecule has 0 saturated carbocycles. The molecule has 0 aliphatic rings. The van der Waals surface area contributed by atoms with Gasteiger partial charge in [-0.05, 0) is 70.6 Å². The Bertz CT molecular complexity index is 1090. The lowest BCUT2D eigenvalue weighted by atomic mass is 10.0. The Morgan fingerprint density at radius 1 is 0.525 bits per heavy atom. The number of rotatable bonds is 45. The van der Waals surface area contributed by atoms with Gasteiger partial charge in [0, 0.05) is 32.1 Å². The Hall–Kier alpha value is -1.72. The van der Waals surface area contributed by atoms with Crippen molar-refractivity contribution in [2.75, 3.05) is 44.8 Å². The van der Waals surface area contributed by atoms with E-state index in [0.29, 0.717) is 52.0 Å². The predicted molar refractivity (Wildman–Crippen MR) is 244 cm³/mol. The fourth-order valence-corrected chi connectivity index (χ4v) is 8.34. The van der Waals surface area contributed by atoms with Crippen LogP contribution in [-0.4, -0.2) is 87.0 Å². The largest absolute Gasteiger partial charge is 0.466 e. The summed E-state index contributed by atoms with van der Waals surface area (Å²) in [6.45, 7) is 9.26. The summed E-state index contributed by atoms with van der Waals surface area (Å²) in [6, 6.07) is 0. The molecule has 0 heterocycles. The molecule has 0 aromatic heterocycles. The highest BCUT2D eigenvalue weighted by molar-refractivity contribution is 7.91. The van der Waals surface area contributed by atoms with Crippen LogP contribution in [0.25, 0.3) is 0 Å². The number of unbranched alkanes of at least 4 members (excludes halogenated alkanes) is 24. The average molecular weight is 860 g/mol. The highest BCUT2D eigenvalue weighted by Gasteiger charge is 2.24. The maximum atomic E-state index is 12.8. The van der Waals surface area contributed by atoms with Crippen molar-refractivity contribution in [2.24, 2.45) is 0 Å². The van der Waals surface area contributed by atoms with Gasteiger partial charge in [0.2, 0.25) is 5.91 Å². The van der Waals surface area contributed by atoms with Crippen molar-refractivity contribution in [1.82, 2.24) is 5.32 Å². The van der Waals surface area contributed by atoms with Crippen molar-refractivity contribution in [2.45, 2.75) is 245 Å². The van der Waals surface area contributed by atoms with E-state index < -0.39 is 21.5 Å². The number of quaternary nitrogens is 1. The highest BCUT2D eigenvalue weighted by atomic mass is 32.2. The number of hydrogen-bond donors (Lipinski definition) is 2. The molecule has 1 amide bonds. The van der Waals surface area contributed by atoms with Gasteiger partial charge in [-0.15, -0.1) is 0 Å². The molecular weight excluding hydrogens is 765 g/mol. The number of ether oxygens (including phenoxy) is 2. The molecule has 0 aromatic carbocycles. The van der Waals surface area contributed by atoms with Crippen LogP contribution in [0.3, 0.4) is 0 Å². The van der Waals surface area contributed by atoms with Gasteiger partial charge in [-0.3, -0.25) is 14.4 Å². The third-order valence-corrected chi connectivity index (χ3v) is 12.2. The van der Waals surface area contributed by atoms with Gasteiger partial charge < -0.3 is 14.8 Å². The van der Waals surface area contributed by atoms with E-state index >= 15 is 0 Å². The molecular formula is C48H95N2O8S+. The number of esters is 2. The zero-order chi connectivity index (χ0) is 43.7. The second-order valence-electron chi connectivity index (χ2n) is 17.6. The van der Waals surface area contributed by atoms with Gasteiger partial charge in [-0.25, -0.2) is 13.6 Å². The Morgan fingerprint density at radius 3 is 1.39 bits per heavy atom. The second kappa shape index (κ2) is 40.4. The van der Waals surface area contributed by atoms with E-state index in [-0.39, 0.29) is 22.7 Å². The number of sulfone groups is 1. The fraction of sp³-hybridized carbons (Fsp3) is 0.938. The van der Waals surface area contributed by atoms with E-state index in [0.717, 1.165) is 109 Å². The number of hydrogen-bond acceptors (Lipinski definition) is 8. The second-order valence-corrected chi connectivity index (χ2v) is 19.8. The van der Waals surface area contributed by atoms with Crippen LogP contribution >= 0.6 is 0 Å². The van der Waals surface area contributed by atoms with Crippen molar-refractivity contribution in [3.8, 4) is 0 Å². The summed E-state index contributed by atoms with van der Waals surface area (Å²) in [5.41, 5.74) is 0. The number of carbonyl (C=O) groups is 3. The van der Waals surface area contributed by atoms with Crippen LogP contribution in [0.1, 0.15) is 239 Å². The first-order chi connectivity index (χ1) is 28.4. The van der Waals surface area contributed by atoms with Crippen molar-refractivity contribution in [3.63, 3.8) is 0 Å². The van der Waals surface area contributed by atoms with Gasteiger partial charge in [0.15, 0.2) is 9.84 Å². The number of nitrogens with zero attached hydrogens (tertiary/aromatic N) is 1.